The van der Waals surface area contributed by atoms with Crippen molar-refractivity contribution in [2.24, 2.45) is 5.92 Å². The molecule has 1 rings (SSSR count). The Labute approximate surface area is 102 Å². The first-order valence-electron chi connectivity index (χ1n) is 5.70. The molecule has 1 aromatic heterocycles. The van der Waals surface area contributed by atoms with Gasteiger partial charge in [-0.25, -0.2) is 4.98 Å². The minimum absolute atomic E-state index is 0.367. The quantitative estimate of drug-likeness (QED) is 0.829. The van der Waals surface area contributed by atoms with Crippen LogP contribution in [-0.2, 0) is 0 Å². The van der Waals surface area contributed by atoms with Crippen molar-refractivity contribution in [3.05, 3.63) is 17.3 Å². The molecular weight excluding hydrogens is 222 g/mol. The Morgan fingerprint density at radius 3 is 2.75 bits per heavy atom. The molecule has 0 saturated carbocycles. The molecule has 0 aliphatic rings. The van der Waals surface area contributed by atoms with Gasteiger partial charge in [0, 0.05) is 12.2 Å². The summed E-state index contributed by atoms with van der Waals surface area (Å²) in [6, 6.07) is 2.08. The van der Waals surface area contributed by atoms with Crippen molar-refractivity contribution in [3.8, 4) is 0 Å². The normalized spacial score (nSPS) is 14.5. The van der Waals surface area contributed by atoms with Crippen LogP contribution in [0.5, 0.6) is 0 Å². The summed E-state index contributed by atoms with van der Waals surface area (Å²) in [6.45, 7) is 6.59. The van der Waals surface area contributed by atoms with E-state index >= 15 is 0 Å². The second-order valence-corrected chi connectivity index (χ2v) is 4.82. The summed E-state index contributed by atoms with van der Waals surface area (Å²) < 4.78 is 0. The molecule has 0 aliphatic heterocycles. The third-order valence-electron chi connectivity index (χ3n) is 2.72. The third kappa shape index (κ3) is 3.89. The summed E-state index contributed by atoms with van der Waals surface area (Å²) in [4.78, 5) is 4.18. The first-order valence-corrected chi connectivity index (χ1v) is 6.08. The average Bonchev–Trinajstić information content (AvgIpc) is 2.22. The Morgan fingerprint density at radius 1 is 1.50 bits per heavy atom. The summed E-state index contributed by atoms with van der Waals surface area (Å²) in [5.41, 5.74) is 6.42. The van der Waals surface area contributed by atoms with Crippen molar-refractivity contribution >= 4 is 23.1 Å². The average molecular weight is 242 g/mol. The molecule has 16 heavy (non-hydrogen) atoms. The highest BCUT2D eigenvalue weighted by Gasteiger charge is 2.09. The van der Waals surface area contributed by atoms with Crippen LogP contribution in [-0.4, -0.2) is 11.0 Å². The maximum Gasteiger partial charge on any atom is 0.149 e. The van der Waals surface area contributed by atoms with Crippen LogP contribution in [0.3, 0.4) is 0 Å². The molecule has 2 atom stereocenters. The second-order valence-electron chi connectivity index (χ2n) is 4.39. The predicted octanol–water partition coefficient (Wildman–Crippen LogP) is 3.55. The van der Waals surface area contributed by atoms with Gasteiger partial charge in [0.15, 0.2) is 0 Å². The van der Waals surface area contributed by atoms with Crippen LogP contribution in [0.1, 0.15) is 33.6 Å². The smallest absolute Gasteiger partial charge is 0.149 e. The number of rotatable bonds is 5. The molecule has 0 aromatic carbocycles. The lowest BCUT2D eigenvalue weighted by Gasteiger charge is -2.18. The number of hydrogen-bond donors (Lipinski definition) is 2. The van der Waals surface area contributed by atoms with E-state index in [0.29, 0.717) is 22.7 Å². The highest BCUT2D eigenvalue weighted by Crippen LogP contribution is 2.21. The van der Waals surface area contributed by atoms with E-state index in [1.807, 2.05) is 0 Å². The lowest BCUT2D eigenvalue weighted by atomic mass is 10.0. The largest absolute Gasteiger partial charge is 0.396 e. The Morgan fingerprint density at radius 2 is 2.19 bits per heavy atom. The number of anilines is 2. The van der Waals surface area contributed by atoms with Gasteiger partial charge in [-0.05, 0) is 25.3 Å². The van der Waals surface area contributed by atoms with Gasteiger partial charge in [-0.1, -0.05) is 31.9 Å². The zero-order valence-electron chi connectivity index (χ0n) is 10.1. The van der Waals surface area contributed by atoms with Crippen molar-refractivity contribution in [2.45, 2.75) is 39.7 Å². The minimum atomic E-state index is 0.367. The number of nitrogens with one attached hydrogen (secondary N) is 1. The second kappa shape index (κ2) is 5.94. The van der Waals surface area contributed by atoms with Gasteiger partial charge in [0.05, 0.1) is 10.7 Å². The number of nitrogens with zero attached hydrogens (tertiary/aromatic N) is 1. The first-order chi connectivity index (χ1) is 7.52. The Kier molecular flexibility index (Phi) is 4.87. The number of pyridine rings is 1. The van der Waals surface area contributed by atoms with Crippen molar-refractivity contribution in [2.75, 3.05) is 11.1 Å². The summed E-state index contributed by atoms with van der Waals surface area (Å²) in [7, 11) is 0. The molecule has 0 amide bonds. The van der Waals surface area contributed by atoms with Crippen molar-refractivity contribution in [1.82, 2.24) is 4.98 Å². The molecule has 2 unspecified atom stereocenters. The third-order valence-corrected chi connectivity index (χ3v) is 2.93. The van der Waals surface area contributed by atoms with Gasteiger partial charge < -0.3 is 11.1 Å². The molecule has 90 valence electrons. The highest BCUT2D eigenvalue weighted by atomic mass is 35.5. The SMILES string of the molecule is CCC(C)CC(C)Nc1ncc(Cl)cc1N. The maximum absolute atomic E-state index is 5.82. The summed E-state index contributed by atoms with van der Waals surface area (Å²) in [6.07, 6.45) is 3.91. The van der Waals surface area contributed by atoms with Crippen molar-refractivity contribution in [3.63, 3.8) is 0 Å². The minimum Gasteiger partial charge on any atom is -0.396 e. The summed E-state index contributed by atoms with van der Waals surface area (Å²) in [5, 5.41) is 3.88. The Bertz CT molecular complexity index is 341. The lowest BCUT2D eigenvalue weighted by molar-refractivity contribution is 0.483. The van der Waals surface area contributed by atoms with E-state index in [1.165, 1.54) is 6.42 Å². The summed E-state index contributed by atoms with van der Waals surface area (Å²) in [5.74, 6) is 1.43. The number of halogens is 1. The van der Waals surface area contributed by atoms with E-state index < -0.39 is 0 Å². The molecule has 0 spiro atoms. The van der Waals surface area contributed by atoms with Gasteiger partial charge in [0.1, 0.15) is 5.82 Å². The zero-order chi connectivity index (χ0) is 12.1. The zero-order valence-corrected chi connectivity index (χ0v) is 10.9. The molecule has 4 heteroatoms. The van der Waals surface area contributed by atoms with E-state index in [0.717, 1.165) is 12.2 Å². The van der Waals surface area contributed by atoms with Crippen LogP contribution in [0.2, 0.25) is 5.02 Å². The Hall–Kier alpha value is -0.960. The summed E-state index contributed by atoms with van der Waals surface area (Å²) >= 11 is 5.79. The van der Waals surface area contributed by atoms with E-state index in [1.54, 1.807) is 12.3 Å². The molecule has 0 fully saturated rings. The van der Waals surface area contributed by atoms with E-state index in [2.05, 4.69) is 31.1 Å². The van der Waals surface area contributed by atoms with Gasteiger partial charge in [0.2, 0.25) is 0 Å². The van der Waals surface area contributed by atoms with Crippen molar-refractivity contribution in [1.29, 1.82) is 0 Å². The van der Waals surface area contributed by atoms with E-state index in [-0.39, 0.29) is 0 Å². The van der Waals surface area contributed by atoms with Gasteiger partial charge in [-0.2, -0.15) is 0 Å². The standard InChI is InChI=1S/C12H20ClN3/c1-4-8(2)5-9(3)16-12-11(14)6-10(13)7-15-12/h6-9H,4-5,14H2,1-3H3,(H,15,16). The van der Waals surface area contributed by atoms with Gasteiger partial charge in [-0.15, -0.1) is 0 Å². The molecule has 0 aliphatic carbocycles. The van der Waals surface area contributed by atoms with Crippen LogP contribution in [0.15, 0.2) is 12.3 Å². The topological polar surface area (TPSA) is 50.9 Å². The highest BCUT2D eigenvalue weighted by molar-refractivity contribution is 6.30. The van der Waals surface area contributed by atoms with Crippen LogP contribution in [0, 0.1) is 5.92 Å². The number of hydrogen-bond acceptors (Lipinski definition) is 3. The lowest BCUT2D eigenvalue weighted by Crippen LogP contribution is -2.19. The molecule has 1 aromatic rings. The van der Waals surface area contributed by atoms with Gasteiger partial charge in [0.25, 0.3) is 0 Å². The van der Waals surface area contributed by atoms with Gasteiger partial charge in [-0.3, -0.25) is 0 Å². The fourth-order valence-electron chi connectivity index (χ4n) is 1.64. The molecule has 3 N–H and O–H groups in total. The van der Waals surface area contributed by atoms with E-state index in [4.69, 9.17) is 17.3 Å². The van der Waals surface area contributed by atoms with Gasteiger partial charge >= 0.3 is 0 Å². The van der Waals surface area contributed by atoms with Crippen LogP contribution in [0.4, 0.5) is 11.5 Å². The predicted molar refractivity (Wildman–Crippen MR) is 70.8 cm³/mol. The maximum atomic E-state index is 5.82. The van der Waals surface area contributed by atoms with Crippen molar-refractivity contribution < 1.29 is 0 Å². The fourth-order valence-corrected chi connectivity index (χ4v) is 1.80. The number of aromatic nitrogens is 1. The van der Waals surface area contributed by atoms with Crippen LogP contribution >= 0.6 is 11.6 Å². The molecule has 3 nitrogen and oxygen atoms in total. The number of nitrogen functional groups attached to an aromatic ring is 1. The molecule has 0 radical (unpaired) electrons. The van der Waals surface area contributed by atoms with E-state index in [9.17, 15) is 0 Å². The number of nitrogens with two attached hydrogens (primary N) is 1. The molecular formula is C12H20ClN3. The molecule has 0 bridgehead atoms. The fraction of sp³-hybridized carbons (Fsp3) is 0.583. The Balaban J connectivity index is 2.59. The van der Waals surface area contributed by atoms with Crippen LogP contribution in [0.25, 0.3) is 0 Å². The molecule has 1 heterocycles. The monoisotopic (exact) mass is 241 g/mol. The first kappa shape index (κ1) is 13.1. The molecule has 0 saturated heterocycles. The van der Waals surface area contributed by atoms with Crippen LogP contribution < -0.4 is 11.1 Å².